The minimum absolute atomic E-state index is 0. The van der Waals surface area contributed by atoms with Gasteiger partial charge in [0.05, 0.1) is 5.97 Å². The second-order valence-corrected chi connectivity index (χ2v) is 3.32. The molecule has 0 atom stereocenters. The van der Waals surface area contributed by atoms with E-state index in [1.807, 2.05) is 0 Å². The quantitative estimate of drug-likeness (QED) is 0.343. The first kappa shape index (κ1) is 16.8. The molecule has 0 radical (unpaired) electrons. The van der Waals surface area contributed by atoms with Gasteiger partial charge in [0, 0.05) is 6.54 Å². The standard InChI is InChI=1S/C10H21NO2.Na/c1-2-3-4-5-6-7-8-11-9-10(12)13;/h11H,2-9H2,1H3,(H,12,13);/q;+1/p-1. The van der Waals surface area contributed by atoms with Crippen LogP contribution >= 0.6 is 0 Å². The van der Waals surface area contributed by atoms with Gasteiger partial charge in [-0.2, -0.15) is 0 Å². The van der Waals surface area contributed by atoms with E-state index in [4.69, 9.17) is 0 Å². The molecule has 0 aromatic rings. The smallest absolute Gasteiger partial charge is 0.549 e. The summed E-state index contributed by atoms with van der Waals surface area (Å²) in [5.74, 6) is -1.02. The average Bonchev–Trinajstić information content (AvgIpc) is 2.09. The summed E-state index contributed by atoms with van der Waals surface area (Å²) in [5, 5.41) is 12.8. The summed E-state index contributed by atoms with van der Waals surface area (Å²) in [4.78, 5) is 10.00. The molecule has 4 heteroatoms. The number of carbonyl (C=O) groups is 1. The molecule has 3 nitrogen and oxygen atoms in total. The Hall–Kier alpha value is 0.430. The van der Waals surface area contributed by atoms with E-state index in [1.54, 1.807) is 0 Å². The van der Waals surface area contributed by atoms with Crippen LogP contribution in [0.25, 0.3) is 0 Å². The fourth-order valence-corrected chi connectivity index (χ4v) is 1.22. The van der Waals surface area contributed by atoms with Gasteiger partial charge < -0.3 is 15.2 Å². The van der Waals surface area contributed by atoms with E-state index in [0.29, 0.717) is 0 Å². The van der Waals surface area contributed by atoms with Crippen LogP contribution in [0.3, 0.4) is 0 Å². The monoisotopic (exact) mass is 209 g/mol. The number of aliphatic carboxylic acids is 1. The SMILES string of the molecule is CCCCCCCCNCC(=O)[O-].[Na+]. The Labute approximate surface area is 109 Å². The number of carboxylic acid groups (broad SMARTS) is 1. The summed E-state index contributed by atoms with van der Waals surface area (Å²) >= 11 is 0. The summed E-state index contributed by atoms with van der Waals surface area (Å²) in [5.41, 5.74) is 0. The van der Waals surface area contributed by atoms with Gasteiger partial charge in [-0.25, -0.2) is 0 Å². The van der Waals surface area contributed by atoms with Crippen molar-refractivity contribution in [3.05, 3.63) is 0 Å². The summed E-state index contributed by atoms with van der Waals surface area (Å²) in [6.07, 6.45) is 7.41. The van der Waals surface area contributed by atoms with E-state index in [9.17, 15) is 9.90 Å². The number of carboxylic acids is 1. The predicted octanol–water partition coefficient (Wildman–Crippen LogP) is -2.31. The van der Waals surface area contributed by atoms with Crippen LogP contribution in [0, 0.1) is 0 Å². The normalized spacial score (nSPS) is 9.50. The Morgan fingerprint density at radius 3 is 2.29 bits per heavy atom. The van der Waals surface area contributed by atoms with E-state index < -0.39 is 5.97 Å². The molecule has 0 aliphatic heterocycles. The average molecular weight is 209 g/mol. The molecule has 0 saturated heterocycles. The molecule has 0 aromatic heterocycles. The third-order valence-corrected chi connectivity index (χ3v) is 1.98. The molecular formula is C10H20NNaO2. The molecule has 78 valence electrons. The van der Waals surface area contributed by atoms with Gasteiger partial charge in [0.25, 0.3) is 0 Å². The molecule has 0 amide bonds. The summed E-state index contributed by atoms with van der Waals surface area (Å²) in [6, 6.07) is 0. The van der Waals surface area contributed by atoms with Gasteiger partial charge >= 0.3 is 29.6 Å². The Morgan fingerprint density at radius 1 is 1.14 bits per heavy atom. The van der Waals surface area contributed by atoms with Crippen LogP contribution in [0.1, 0.15) is 45.4 Å². The fourth-order valence-electron chi connectivity index (χ4n) is 1.22. The Bertz CT molecular complexity index is 131. The number of carbonyl (C=O) groups excluding carboxylic acids is 1. The minimum atomic E-state index is -1.02. The van der Waals surface area contributed by atoms with Crippen LogP contribution in [0.4, 0.5) is 0 Å². The van der Waals surface area contributed by atoms with E-state index in [0.717, 1.165) is 13.0 Å². The van der Waals surface area contributed by atoms with Crippen molar-refractivity contribution in [2.45, 2.75) is 45.4 Å². The number of hydrogen-bond donors (Lipinski definition) is 1. The third kappa shape index (κ3) is 14.9. The first-order chi connectivity index (χ1) is 6.27. The maximum absolute atomic E-state index is 10.00. The van der Waals surface area contributed by atoms with Crippen LogP contribution in [0.2, 0.25) is 0 Å². The fraction of sp³-hybridized carbons (Fsp3) is 0.900. The van der Waals surface area contributed by atoms with Gasteiger partial charge in [-0.15, -0.1) is 0 Å². The van der Waals surface area contributed by atoms with E-state index >= 15 is 0 Å². The second kappa shape index (κ2) is 13.4. The molecule has 0 bridgehead atoms. The van der Waals surface area contributed by atoms with Crippen molar-refractivity contribution in [1.82, 2.24) is 5.32 Å². The van der Waals surface area contributed by atoms with Gasteiger partial charge in [0.2, 0.25) is 0 Å². The summed E-state index contributed by atoms with van der Waals surface area (Å²) < 4.78 is 0. The van der Waals surface area contributed by atoms with Gasteiger partial charge in [-0.05, 0) is 13.0 Å². The molecule has 0 saturated carbocycles. The molecule has 0 fully saturated rings. The number of rotatable bonds is 9. The van der Waals surface area contributed by atoms with Crippen molar-refractivity contribution < 1.29 is 39.5 Å². The van der Waals surface area contributed by atoms with E-state index in [-0.39, 0.29) is 36.1 Å². The number of hydrogen-bond acceptors (Lipinski definition) is 3. The van der Waals surface area contributed by atoms with Gasteiger partial charge in [-0.1, -0.05) is 39.0 Å². The predicted molar refractivity (Wildman–Crippen MR) is 51.3 cm³/mol. The molecule has 0 aromatic carbocycles. The first-order valence-electron chi connectivity index (χ1n) is 5.18. The van der Waals surface area contributed by atoms with Crippen molar-refractivity contribution in [3.8, 4) is 0 Å². The van der Waals surface area contributed by atoms with Crippen molar-refractivity contribution >= 4 is 5.97 Å². The number of unbranched alkanes of at least 4 members (excludes halogenated alkanes) is 5. The molecule has 0 aliphatic rings. The van der Waals surface area contributed by atoms with Crippen molar-refractivity contribution in [1.29, 1.82) is 0 Å². The number of nitrogens with one attached hydrogen (secondary N) is 1. The van der Waals surface area contributed by atoms with E-state index in [2.05, 4.69) is 12.2 Å². The molecule has 0 rings (SSSR count). The Balaban J connectivity index is 0. The zero-order valence-electron chi connectivity index (χ0n) is 9.47. The van der Waals surface area contributed by atoms with Crippen LogP contribution in [0.5, 0.6) is 0 Å². The molecule has 0 unspecified atom stereocenters. The minimum Gasteiger partial charge on any atom is -0.549 e. The first-order valence-corrected chi connectivity index (χ1v) is 5.18. The van der Waals surface area contributed by atoms with E-state index in [1.165, 1.54) is 32.1 Å². The van der Waals surface area contributed by atoms with Crippen LogP contribution in [-0.4, -0.2) is 19.1 Å². The van der Waals surface area contributed by atoms with Crippen LogP contribution in [0.15, 0.2) is 0 Å². The van der Waals surface area contributed by atoms with Gasteiger partial charge in [-0.3, -0.25) is 0 Å². The maximum atomic E-state index is 10.00. The molecule has 0 heterocycles. The summed E-state index contributed by atoms with van der Waals surface area (Å²) in [6.45, 7) is 2.97. The largest absolute Gasteiger partial charge is 1.00 e. The van der Waals surface area contributed by atoms with Gasteiger partial charge in [0.1, 0.15) is 0 Å². The zero-order chi connectivity index (χ0) is 9.94. The Kier molecular flexibility index (Phi) is 16.2. The zero-order valence-corrected chi connectivity index (χ0v) is 11.5. The molecule has 0 spiro atoms. The van der Waals surface area contributed by atoms with Crippen molar-refractivity contribution in [2.75, 3.05) is 13.1 Å². The second-order valence-electron chi connectivity index (χ2n) is 3.32. The third-order valence-electron chi connectivity index (χ3n) is 1.98. The Morgan fingerprint density at radius 2 is 1.71 bits per heavy atom. The molecule has 0 aliphatic carbocycles. The summed E-state index contributed by atoms with van der Waals surface area (Å²) in [7, 11) is 0. The van der Waals surface area contributed by atoms with Crippen molar-refractivity contribution in [2.24, 2.45) is 0 Å². The van der Waals surface area contributed by atoms with Crippen LogP contribution < -0.4 is 40.0 Å². The molecule has 1 N–H and O–H groups in total. The van der Waals surface area contributed by atoms with Crippen LogP contribution in [-0.2, 0) is 4.79 Å². The van der Waals surface area contributed by atoms with Crippen molar-refractivity contribution in [3.63, 3.8) is 0 Å². The topological polar surface area (TPSA) is 52.2 Å². The van der Waals surface area contributed by atoms with Gasteiger partial charge in [0.15, 0.2) is 0 Å². The maximum Gasteiger partial charge on any atom is 1.00 e. The molecule has 14 heavy (non-hydrogen) atoms. The molecular weight excluding hydrogens is 189 g/mol.